The maximum atomic E-state index is 12.9. The van der Waals surface area contributed by atoms with E-state index in [-0.39, 0.29) is 21.7 Å². The van der Waals surface area contributed by atoms with Crippen molar-refractivity contribution in [3.05, 3.63) is 70.3 Å². The first-order valence-electron chi connectivity index (χ1n) is 10.8. The number of carbonyl (C=O) groups is 1. The third-order valence-corrected chi connectivity index (χ3v) is 7.75. The van der Waals surface area contributed by atoms with Gasteiger partial charge in [0.15, 0.2) is 5.11 Å². The van der Waals surface area contributed by atoms with Crippen LogP contribution < -0.4 is 10.6 Å². The van der Waals surface area contributed by atoms with Crippen LogP contribution in [0, 0.1) is 10.1 Å². The molecule has 3 rings (SSSR count). The largest absolute Gasteiger partial charge is 0.332 e. The minimum atomic E-state index is -3.59. The van der Waals surface area contributed by atoms with Crippen molar-refractivity contribution >= 4 is 50.7 Å². The van der Waals surface area contributed by atoms with Crippen LogP contribution >= 0.6 is 12.2 Å². The number of benzene rings is 2. The summed E-state index contributed by atoms with van der Waals surface area (Å²) >= 11 is 5.14. The molecule has 1 fully saturated rings. The van der Waals surface area contributed by atoms with E-state index in [4.69, 9.17) is 12.2 Å². The average molecular weight is 503 g/mol. The Morgan fingerprint density at radius 3 is 2.47 bits per heavy atom. The minimum Gasteiger partial charge on any atom is -0.332 e. The standard InChI is InChI=1S/C23H26N4O5S2/c1-26(19-7-3-2-4-8-19)34(31,32)21-13-11-18(12-14-21)24-23(33)25-22(28)15-10-17-6-5-9-20(16-17)27(29)30/h5-6,9-16,19H,2-4,7-8H2,1H3,(H2,24,25,28,33)/b15-10+. The number of nitrogens with one attached hydrogen (secondary N) is 2. The van der Waals surface area contributed by atoms with Gasteiger partial charge in [0.2, 0.25) is 15.9 Å². The van der Waals surface area contributed by atoms with Gasteiger partial charge in [-0.15, -0.1) is 0 Å². The number of hydrogen-bond donors (Lipinski definition) is 2. The normalized spacial score (nSPS) is 14.8. The lowest BCUT2D eigenvalue weighted by atomic mass is 9.96. The summed E-state index contributed by atoms with van der Waals surface area (Å²) < 4.78 is 27.3. The summed E-state index contributed by atoms with van der Waals surface area (Å²) in [4.78, 5) is 22.6. The molecule has 0 aromatic heterocycles. The van der Waals surface area contributed by atoms with Gasteiger partial charge < -0.3 is 5.32 Å². The topological polar surface area (TPSA) is 122 Å². The molecule has 2 aromatic rings. The molecular weight excluding hydrogens is 476 g/mol. The first-order valence-corrected chi connectivity index (χ1v) is 12.6. The van der Waals surface area contributed by atoms with Gasteiger partial charge >= 0.3 is 0 Å². The number of thiocarbonyl (C=S) groups is 1. The van der Waals surface area contributed by atoms with Crippen LogP contribution in [-0.2, 0) is 14.8 Å². The van der Waals surface area contributed by atoms with E-state index in [1.54, 1.807) is 25.2 Å². The molecule has 34 heavy (non-hydrogen) atoms. The second kappa shape index (κ2) is 11.3. The highest BCUT2D eigenvalue weighted by Crippen LogP contribution is 2.27. The van der Waals surface area contributed by atoms with E-state index in [0.29, 0.717) is 11.3 Å². The highest BCUT2D eigenvalue weighted by molar-refractivity contribution is 7.89. The van der Waals surface area contributed by atoms with Crippen LogP contribution in [0.15, 0.2) is 59.5 Å². The molecule has 0 unspecified atom stereocenters. The van der Waals surface area contributed by atoms with Crippen molar-refractivity contribution in [2.45, 2.75) is 43.0 Å². The van der Waals surface area contributed by atoms with E-state index in [1.165, 1.54) is 46.8 Å². The first kappa shape index (κ1) is 25.5. The van der Waals surface area contributed by atoms with Crippen molar-refractivity contribution in [3.8, 4) is 0 Å². The maximum Gasteiger partial charge on any atom is 0.270 e. The zero-order valence-corrected chi connectivity index (χ0v) is 20.3. The van der Waals surface area contributed by atoms with Gasteiger partial charge in [-0.2, -0.15) is 4.31 Å². The number of hydrogen-bond acceptors (Lipinski definition) is 6. The molecule has 180 valence electrons. The van der Waals surface area contributed by atoms with Gasteiger partial charge in [-0.05, 0) is 61.0 Å². The van der Waals surface area contributed by atoms with Crippen LogP contribution in [0.5, 0.6) is 0 Å². The van der Waals surface area contributed by atoms with Crippen molar-refractivity contribution in [2.75, 3.05) is 12.4 Å². The fraction of sp³-hybridized carbons (Fsp3) is 0.304. The lowest BCUT2D eigenvalue weighted by molar-refractivity contribution is -0.384. The van der Waals surface area contributed by atoms with Crippen LogP contribution in [0.3, 0.4) is 0 Å². The number of non-ortho nitro benzene ring substituents is 1. The van der Waals surface area contributed by atoms with Crippen molar-refractivity contribution in [1.82, 2.24) is 9.62 Å². The molecule has 11 heteroatoms. The van der Waals surface area contributed by atoms with E-state index in [2.05, 4.69) is 10.6 Å². The third kappa shape index (κ3) is 6.69. The number of carbonyl (C=O) groups excluding carboxylic acids is 1. The number of nitrogens with zero attached hydrogens (tertiary/aromatic N) is 2. The predicted molar refractivity (Wildman–Crippen MR) is 135 cm³/mol. The molecule has 0 atom stereocenters. The quantitative estimate of drug-likeness (QED) is 0.253. The molecule has 0 saturated heterocycles. The van der Waals surface area contributed by atoms with E-state index in [1.807, 2.05) is 0 Å². The number of anilines is 1. The fourth-order valence-electron chi connectivity index (χ4n) is 3.75. The van der Waals surface area contributed by atoms with Crippen molar-refractivity contribution in [3.63, 3.8) is 0 Å². The van der Waals surface area contributed by atoms with Gasteiger partial charge in [-0.1, -0.05) is 31.4 Å². The summed E-state index contributed by atoms with van der Waals surface area (Å²) in [5.74, 6) is -0.516. The van der Waals surface area contributed by atoms with Crippen LogP contribution in [0.4, 0.5) is 11.4 Å². The van der Waals surface area contributed by atoms with Crippen LogP contribution in [0.25, 0.3) is 6.08 Å². The first-order chi connectivity index (χ1) is 16.2. The van der Waals surface area contributed by atoms with Crippen molar-refractivity contribution in [1.29, 1.82) is 0 Å². The number of sulfonamides is 1. The highest BCUT2D eigenvalue weighted by Gasteiger charge is 2.28. The fourth-order valence-corrected chi connectivity index (χ4v) is 5.38. The molecule has 1 amide bonds. The highest BCUT2D eigenvalue weighted by atomic mass is 32.2. The van der Waals surface area contributed by atoms with Crippen LogP contribution in [0.1, 0.15) is 37.7 Å². The maximum absolute atomic E-state index is 12.9. The van der Waals surface area contributed by atoms with Gasteiger partial charge in [0, 0.05) is 37.0 Å². The molecule has 0 aliphatic heterocycles. The molecular formula is C23H26N4O5S2. The summed E-state index contributed by atoms with van der Waals surface area (Å²) in [6.45, 7) is 0. The molecule has 0 heterocycles. The van der Waals surface area contributed by atoms with E-state index in [0.717, 1.165) is 32.1 Å². The Morgan fingerprint density at radius 1 is 1.15 bits per heavy atom. The summed E-state index contributed by atoms with van der Waals surface area (Å²) in [6.07, 6.45) is 7.62. The summed E-state index contributed by atoms with van der Waals surface area (Å²) in [7, 11) is -1.97. The summed E-state index contributed by atoms with van der Waals surface area (Å²) in [5.41, 5.74) is 0.945. The molecule has 0 radical (unpaired) electrons. The van der Waals surface area contributed by atoms with Crippen LogP contribution in [-0.4, -0.2) is 41.8 Å². The predicted octanol–water partition coefficient (Wildman–Crippen LogP) is 4.07. The number of nitro benzene ring substituents is 1. The SMILES string of the molecule is CN(C1CCCCC1)S(=O)(=O)c1ccc(NC(=S)NC(=O)/C=C/c2cccc([N+](=O)[O-])c2)cc1. The molecule has 2 N–H and O–H groups in total. The zero-order valence-electron chi connectivity index (χ0n) is 18.6. The van der Waals surface area contributed by atoms with Gasteiger partial charge in [0.25, 0.3) is 5.69 Å². The van der Waals surface area contributed by atoms with Crippen LogP contribution in [0.2, 0.25) is 0 Å². The monoisotopic (exact) mass is 502 g/mol. The Morgan fingerprint density at radius 2 is 1.82 bits per heavy atom. The molecule has 1 aliphatic carbocycles. The third-order valence-electron chi connectivity index (χ3n) is 5.62. The number of rotatable bonds is 7. The van der Waals surface area contributed by atoms with Gasteiger partial charge in [-0.25, -0.2) is 8.42 Å². The minimum absolute atomic E-state index is 0.0226. The van der Waals surface area contributed by atoms with Gasteiger partial charge in [-0.3, -0.25) is 20.2 Å². The van der Waals surface area contributed by atoms with Crippen molar-refractivity contribution < 1.29 is 18.1 Å². The second-order valence-electron chi connectivity index (χ2n) is 7.97. The Balaban J connectivity index is 1.56. The lowest BCUT2D eigenvalue weighted by Crippen LogP contribution is -2.38. The number of nitro groups is 1. The molecule has 0 bridgehead atoms. The molecule has 1 aliphatic rings. The molecule has 0 spiro atoms. The van der Waals surface area contributed by atoms with E-state index >= 15 is 0 Å². The average Bonchev–Trinajstić information content (AvgIpc) is 2.83. The number of amides is 1. The summed E-state index contributed by atoms with van der Waals surface area (Å²) in [6, 6.07) is 12.1. The summed E-state index contributed by atoms with van der Waals surface area (Å²) in [5, 5.41) is 16.2. The van der Waals surface area contributed by atoms with E-state index in [9.17, 15) is 23.3 Å². The Bertz CT molecular complexity index is 1190. The lowest BCUT2D eigenvalue weighted by Gasteiger charge is -2.30. The smallest absolute Gasteiger partial charge is 0.270 e. The van der Waals surface area contributed by atoms with Gasteiger partial charge in [0.1, 0.15) is 0 Å². The Labute approximate surface area is 204 Å². The Kier molecular flexibility index (Phi) is 8.48. The Hall–Kier alpha value is -3.15. The van der Waals surface area contributed by atoms with Gasteiger partial charge in [0.05, 0.1) is 9.82 Å². The molecule has 2 aromatic carbocycles. The zero-order chi connectivity index (χ0) is 24.7. The van der Waals surface area contributed by atoms with E-state index < -0.39 is 20.9 Å². The molecule has 9 nitrogen and oxygen atoms in total. The molecule has 1 saturated carbocycles. The van der Waals surface area contributed by atoms with Crippen molar-refractivity contribution in [2.24, 2.45) is 0 Å². The second-order valence-corrected chi connectivity index (χ2v) is 10.4.